The second-order valence-corrected chi connectivity index (χ2v) is 5.65. The first-order chi connectivity index (χ1) is 9.24. The molecule has 0 bridgehead atoms. The zero-order valence-corrected chi connectivity index (χ0v) is 11.3. The Kier molecular flexibility index (Phi) is 3.05. The van der Waals surface area contributed by atoms with E-state index in [0.29, 0.717) is 12.3 Å². The molecule has 1 aliphatic carbocycles. The normalized spacial score (nSPS) is 25.4. The Morgan fingerprint density at radius 3 is 2.47 bits per heavy atom. The molecule has 0 aromatic heterocycles. The Labute approximate surface area is 118 Å². The molecule has 1 nitrogen and oxygen atoms in total. The molecule has 2 atom stereocenters. The average molecular weight is 268 g/mol. The van der Waals surface area contributed by atoms with Crippen molar-refractivity contribution in [2.24, 2.45) is 0 Å². The van der Waals surface area contributed by atoms with E-state index < -0.39 is 4.87 Å². The van der Waals surface area contributed by atoms with Crippen molar-refractivity contribution in [1.29, 1.82) is 5.26 Å². The van der Waals surface area contributed by atoms with Gasteiger partial charge in [-0.15, -0.1) is 0 Å². The van der Waals surface area contributed by atoms with Crippen LogP contribution in [0.4, 0.5) is 0 Å². The fourth-order valence-electron chi connectivity index (χ4n) is 2.94. The molecule has 0 amide bonds. The van der Waals surface area contributed by atoms with Crippen molar-refractivity contribution in [3.05, 3.63) is 71.3 Å². The minimum atomic E-state index is -0.859. The number of rotatable bonds is 1. The van der Waals surface area contributed by atoms with E-state index in [1.165, 1.54) is 11.1 Å². The SMILES string of the molecule is N#CC1(Cl)CCC(c2ccccc2)c2ccccc21. The van der Waals surface area contributed by atoms with Gasteiger partial charge in [0.1, 0.15) is 0 Å². The fourth-order valence-corrected chi connectivity index (χ4v) is 3.22. The highest BCUT2D eigenvalue weighted by Crippen LogP contribution is 2.47. The standard InChI is InChI=1S/C17H14ClN/c18-17(12-19)11-10-14(13-6-2-1-3-7-13)15-8-4-5-9-16(15)17/h1-9,14H,10-11H2. The van der Waals surface area contributed by atoms with Gasteiger partial charge >= 0.3 is 0 Å². The van der Waals surface area contributed by atoms with Gasteiger partial charge in [-0.1, -0.05) is 66.2 Å². The van der Waals surface area contributed by atoms with Crippen molar-refractivity contribution < 1.29 is 0 Å². The number of hydrogen-bond acceptors (Lipinski definition) is 1. The van der Waals surface area contributed by atoms with Crippen LogP contribution in [0.1, 0.15) is 35.4 Å². The van der Waals surface area contributed by atoms with E-state index in [1.54, 1.807) is 0 Å². The minimum Gasteiger partial charge on any atom is -0.196 e. The lowest BCUT2D eigenvalue weighted by Gasteiger charge is -2.33. The molecule has 0 heterocycles. The highest BCUT2D eigenvalue weighted by Gasteiger charge is 2.38. The Balaban J connectivity index is 2.13. The van der Waals surface area contributed by atoms with Crippen molar-refractivity contribution in [2.75, 3.05) is 0 Å². The van der Waals surface area contributed by atoms with Crippen molar-refractivity contribution in [3.8, 4) is 6.07 Å². The van der Waals surface area contributed by atoms with Gasteiger partial charge in [0.15, 0.2) is 4.87 Å². The van der Waals surface area contributed by atoms with Crippen molar-refractivity contribution >= 4 is 11.6 Å². The maximum Gasteiger partial charge on any atom is 0.156 e. The van der Waals surface area contributed by atoms with Gasteiger partial charge in [0.2, 0.25) is 0 Å². The van der Waals surface area contributed by atoms with Crippen molar-refractivity contribution in [3.63, 3.8) is 0 Å². The number of nitriles is 1. The molecule has 1 aliphatic rings. The van der Waals surface area contributed by atoms with E-state index in [9.17, 15) is 5.26 Å². The Morgan fingerprint density at radius 1 is 1.05 bits per heavy atom. The summed E-state index contributed by atoms with van der Waals surface area (Å²) in [5.74, 6) is 0.345. The average Bonchev–Trinajstić information content (AvgIpc) is 2.49. The highest BCUT2D eigenvalue weighted by molar-refractivity contribution is 6.26. The van der Waals surface area contributed by atoms with Gasteiger partial charge < -0.3 is 0 Å². The first kappa shape index (κ1) is 12.3. The predicted octanol–water partition coefficient (Wildman–Crippen LogP) is 4.57. The van der Waals surface area contributed by atoms with Crippen LogP contribution in [0.5, 0.6) is 0 Å². The van der Waals surface area contributed by atoms with E-state index in [0.717, 1.165) is 12.0 Å². The summed E-state index contributed by atoms with van der Waals surface area (Å²) in [5.41, 5.74) is 3.46. The molecule has 3 rings (SSSR count). The van der Waals surface area contributed by atoms with Gasteiger partial charge in [-0.25, -0.2) is 0 Å². The molecule has 0 N–H and O–H groups in total. The zero-order valence-electron chi connectivity index (χ0n) is 10.5. The van der Waals surface area contributed by atoms with Gasteiger partial charge in [-0.3, -0.25) is 0 Å². The van der Waals surface area contributed by atoms with Crippen LogP contribution in [0.2, 0.25) is 0 Å². The summed E-state index contributed by atoms with van der Waals surface area (Å²) in [6.07, 6.45) is 1.61. The Hall–Kier alpha value is -1.78. The molecule has 0 aliphatic heterocycles. The van der Waals surface area contributed by atoms with E-state index in [2.05, 4.69) is 36.4 Å². The van der Waals surface area contributed by atoms with Crippen molar-refractivity contribution in [1.82, 2.24) is 0 Å². The van der Waals surface area contributed by atoms with Gasteiger partial charge in [-0.05, 0) is 29.5 Å². The Morgan fingerprint density at radius 2 is 1.74 bits per heavy atom. The number of hydrogen-bond donors (Lipinski definition) is 0. The number of nitrogens with zero attached hydrogens (tertiary/aromatic N) is 1. The molecule has 2 heteroatoms. The van der Waals surface area contributed by atoms with Crippen LogP contribution in [-0.2, 0) is 4.87 Å². The molecule has 94 valence electrons. The second-order valence-electron chi connectivity index (χ2n) is 5.00. The second kappa shape index (κ2) is 4.72. The van der Waals surface area contributed by atoms with Gasteiger partial charge in [0.05, 0.1) is 6.07 Å². The van der Waals surface area contributed by atoms with Crippen LogP contribution in [0.25, 0.3) is 0 Å². The smallest absolute Gasteiger partial charge is 0.156 e. The van der Waals surface area contributed by atoms with E-state index >= 15 is 0 Å². The van der Waals surface area contributed by atoms with Crippen LogP contribution < -0.4 is 0 Å². The van der Waals surface area contributed by atoms with Crippen LogP contribution in [-0.4, -0.2) is 0 Å². The molecule has 19 heavy (non-hydrogen) atoms. The lowest BCUT2D eigenvalue weighted by Crippen LogP contribution is -2.25. The summed E-state index contributed by atoms with van der Waals surface area (Å²) in [6.45, 7) is 0. The summed E-state index contributed by atoms with van der Waals surface area (Å²) in [5, 5.41) is 9.37. The fraction of sp³-hybridized carbons (Fsp3) is 0.235. The van der Waals surface area contributed by atoms with Gasteiger partial charge in [0.25, 0.3) is 0 Å². The number of benzene rings is 2. The first-order valence-corrected chi connectivity index (χ1v) is 6.87. The molecule has 2 aromatic rings. The Bertz CT molecular complexity index is 629. The molecule has 0 radical (unpaired) electrons. The van der Waals surface area contributed by atoms with Crippen LogP contribution in [0.15, 0.2) is 54.6 Å². The number of alkyl halides is 1. The lowest BCUT2D eigenvalue weighted by atomic mass is 9.74. The minimum absolute atomic E-state index is 0.345. The maximum atomic E-state index is 9.37. The summed E-state index contributed by atoms with van der Waals surface area (Å²) < 4.78 is 0. The molecule has 0 saturated heterocycles. The van der Waals surface area contributed by atoms with Crippen LogP contribution in [0.3, 0.4) is 0 Å². The molecule has 2 aromatic carbocycles. The highest BCUT2D eigenvalue weighted by atomic mass is 35.5. The van der Waals surface area contributed by atoms with E-state index in [1.807, 2.05) is 24.3 Å². The summed E-state index contributed by atoms with van der Waals surface area (Å²) >= 11 is 6.48. The molecule has 0 spiro atoms. The van der Waals surface area contributed by atoms with E-state index in [4.69, 9.17) is 11.6 Å². The number of halogens is 1. The molecular formula is C17H14ClN. The van der Waals surface area contributed by atoms with E-state index in [-0.39, 0.29) is 0 Å². The lowest BCUT2D eigenvalue weighted by molar-refractivity contribution is 0.543. The topological polar surface area (TPSA) is 23.8 Å². The summed E-state index contributed by atoms with van der Waals surface area (Å²) in [6, 6.07) is 20.8. The van der Waals surface area contributed by atoms with Crippen LogP contribution >= 0.6 is 11.6 Å². The molecule has 0 fully saturated rings. The third kappa shape index (κ3) is 2.03. The molecule has 2 unspecified atom stereocenters. The monoisotopic (exact) mass is 267 g/mol. The van der Waals surface area contributed by atoms with Gasteiger partial charge in [-0.2, -0.15) is 5.26 Å². The number of fused-ring (bicyclic) bond motifs is 1. The third-order valence-corrected chi connectivity index (χ3v) is 4.40. The quantitative estimate of drug-likeness (QED) is 0.695. The van der Waals surface area contributed by atoms with Crippen LogP contribution in [0, 0.1) is 11.3 Å². The molecular weight excluding hydrogens is 254 g/mol. The summed E-state index contributed by atoms with van der Waals surface area (Å²) in [7, 11) is 0. The third-order valence-electron chi connectivity index (χ3n) is 3.92. The largest absolute Gasteiger partial charge is 0.196 e. The summed E-state index contributed by atoms with van der Waals surface area (Å²) in [4.78, 5) is -0.859. The maximum absolute atomic E-state index is 9.37. The first-order valence-electron chi connectivity index (χ1n) is 6.49. The molecule has 0 saturated carbocycles. The zero-order chi connectivity index (χ0) is 13.3. The van der Waals surface area contributed by atoms with Crippen molar-refractivity contribution in [2.45, 2.75) is 23.6 Å². The predicted molar refractivity (Wildman–Crippen MR) is 77.1 cm³/mol. The van der Waals surface area contributed by atoms with Gasteiger partial charge in [0, 0.05) is 5.92 Å².